The van der Waals surface area contributed by atoms with Gasteiger partial charge in [0.2, 0.25) is 10.0 Å². The highest BCUT2D eigenvalue weighted by molar-refractivity contribution is 7.89. The molecule has 1 heterocycles. The van der Waals surface area contributed by atoms with Crippen LogP contribution in [0.3, 0.4) is 0 Å². The third-order valence-corrected chi connectivity index (χ3v) is 7.12. The topological polar surface area (TPSA) is 97.6 Å². The van der Waals surface area contributed by atoms with Crippen molar-refractivity contribution in [3.05, 3.63) is 59.9 Å². The van der Waals surface area contributed by atoms with Crippen LogP contribution in [0, 0.1) is 0 Å². The smallest absolute Gasteiger partial charge is 0.251 e. The molecule has 1 amide bonds. The first kappa shape index (κ1) is 21.4. The van der Waals surface area contributed by atoms with Crippen molar-refractivity contribution in [1.29, 1.82) is 0 Å². The Kier molecular flexibility index (Phi) is 6.02. The van der Waals surface area contributed by atoms with Gasteiger partial charge in [-0.05, 0) is 50.1 Å². The standard InChI is InChI=1S/C23H26N2O5S/c1-15(21-14-16-7-6-12-20(29-2)22(16)30-21)24-23(26)17-8-5-11-19(13-17)31(27,28)25-18-9-3-4-10-18/h5-8,11-15,18,25H,3-4,9-10H2,1-2H3,(H,24,26). The predicted octanol–water partition coefficient (Wildman–Crippen LogP) is 4.15. The van der Waals surface area contributed by atoms with Crippen molar-refractivity contribution >= 4 is 26.9 Å². The Balaban J connectivity index is 1.50. The zero-order chi connectivity index (χ0) is 22.0. The molecule has 1 aliphatic carbocycles. The highest BCUT2D eigenvalue weighted by Crippen LogP contribution is 2.31. The Hall–Kier alpha value is -2.84. The van der Waals surface area contributed by atoms with Gasteiger partial charge in [-0.1, -0.05) is 31.0 Å². The van der Waals surface area contributed by atoms with E-state index in [0.29, 0.717) is 17.1 Å². The number of para-hydroxylation sites is 1. The maximum Gasteiger partial charge on any atom is 0.251 e. The molecule has 0 saturated heterocycles. The van der Waals surface area contributed by atoms with Gasteiger partial charge in [-0.25, -0.2) is 13.1 Å². The van der Waals surface area contributed by atoms with Crippen LogP contribution in [0.4, 0.5) is 0 Å². The van der Waals surface area contributed by atoms with Crippen LogP contribution in [-0.4, -0.2) is 27.5 Å². The molecule has 0 bridgehead atoms. The molecule has 4 rings (SSSR count). The molecule has 2 aromatic carbocycles. The summed E-state index contributed by atoms with van der Waals surface area (Å²) in [6, 6.07) is 13.1. The van der Waals surface area contributed by atoms with Gasteiger partial charge in [-0.3, -0.25) is 4.79 Å². The Labute approximate surface area is 181 Å². The number of amides is 1. The van der Waals surface area contributed by atoms with E-state index in [1.165, 1.54) is 12.1 Å². The van der Waals surface area contributed by atoms with Crippen molar-refractivity contribution in [3.63, 3.8) is 0 Å². The number of hydrogen-bond donors (Lipinski definition) is 2. The van der Waals surface area contributed by atoms with Crippen LogP contribution in [0.15, 0.2) is 57.8 Å². The number of rotatable bonds is 7. The van der Waals surface area contributed by atoms with Crippen LogP contribution in [0.25, 0.3) is 11.0 Å². The lowest BCUT2D eigenvalue weighted by Gasteiger charge is -2.14. The number of nitrogens with one attached hydrogen (secondary N) is 2. The van der Waals surface area contributed by atoms with E-state index in [4.69, 9.17) is 9.15 Å². The van der Waals surface area contributed by atoms with Gasteiger partial charge >= 0.3 is 0 Å². The van der Waals surface area contributed by atoms with Crippen molar-refractivity contribution in [2.24, 2.45) is 0 Å². The van der Waals surface area contributed by atoms with Crippen LogP contribution >= 0.6 is 0 Å². The summed E-state index contributed by atoms with van der Waals surface area (Å²) in [6.45, 7) is 1.81. The van der Waals surface area contributed by atoms with E-state index < -0.39 is 16.1 Å². The monoisotopic (exact) mass is 442 g/mol. The number of ether oxygens (including phenoxy) is 1. The predicted molar refractivity (Wildman–Crippen MR) is 118 cm³/mol. The molecule has 8 heteroatoms. The summed E-state index contributed by atoms with van der Waals surface area (Å²) in [5, 5.41) is 3.75. The Morgan fingerprint density at radius 1 is 1.13 bits per heavy atom. The number of carbonyl (C=O) groups excluding carboxylic acids is 1. The Morgan fingerprint density at radius 3 is 2.61 bits per heavy atom. The van der Waals surface area contributed by atoms with Gasteiger partial charge in [0.1, 0.15) is 5.76 Å². The van der Waals surface area contributed by atoms with E-state index in [-0.39, 0.29) is 22.4 Å². The molecule has 1 fully saturated rings. The molecule has 1 aliphatic rings. The second kappa shape index (κ2) is 8.72. The quantitative estimate of drug-likeness (QED) is 0.573. The van der Waals surface area contributed by atoms with Crippen molar-refractivity contribution < 1.29 is 22.4 Å². The minimum Gasteiger partial charge on any atom is -0.493 e. The molecule has 2 N–H and O–H groups in total. The molecule has 31 heavy (non-hydrogen) atoms. The van der Waals surface area contributed by atoms with E-state index >= 15 is 0 Å². The zero-order valence-electron chi connectivity index (χ0n) is 17.6. The third kappa shape index (κ3) is 4.60. The number of sulfonamides is 1. The largest absolute Gasteiger partial charge is 0.493 e. The fourth-order valence-electron chi connectivity index (χ4n) is 3.92. The third-order valence-electron chi connectivity index (χ3n) is 5.60. The second-order valence-electron chi connectivity index (χ2n) is 7.85. The minimum atomic E-state index is -3.67. The number of fused-ring (bicyclic) bond motifs is 1. The maximum absolute atomic E-state index is 12.8. The highest BCUT2D eigenvalue weighted by Gasteiger charge is 2.24. The lowest BCUT2D eigenvalue weighted by atomic mass is 10.1. The van der Waals surface area contributed by atoms with Crippen molar-refractivity contribution in [2.75, 3.05) is 7.11 Å². The molecule has 1 saturated carbocycles. The fourth-order valence-corrected chi connectivity index (χ4v) is 5.27. The Bertz CT molecular complexity index is 1200. The summed E-state index contributed by atoms with van der Waals surface area (Å²) < 4.78 is 39.4. The van der Waals surface area contributed by atoms with E-state index in [0.717, 1.165) is 31.1 Å². The first-order valence-electron chi connectivity index (χ1n) is 10.4. The summed E-state index contributed by atoms with van der Waals surface area (Å²) >= 11 is 0. The summed E-state index contributed by atoms with van der Waals surface area (Å²) in [6.07, 6.45) is 3.75. The van der Waals surface area contributed by atoms with Gasteiger partial charge in [0.05, 0.1) is 18.0 Å². The number of methoxy groups -OCH3 is 1. The van der Waals surface area contributed by atoms with E-state index in [9.17, 15) is 13.2 Å². The van der Waals surface area contributed by atoms with Gasteiger partial charge in [0.25, 0.3) is 5.91 Å². The number of hydrogen-bond acceptors (Lipinski definition) is 5. The molecule has 7 nitrogen and oxygen atoms in total. The summed E-state index contributed by atoms with van der Waals surface area (Å²) in [4.78, 5) is 12.9. The second-order valence-corrected chi connectivity index (χ2v) is 9.57. The first-order chi connectivity index (χ1) is 14.9. The van der Waals surface area contributed by atoms with E-state index in [1.54, 1.807) is 19.2 Å². The molecule has 0 aliphatic heterocycles. The van der Waals surface area contributed by atoms with Crippen molar-refractivity contribution in [2.45, 2.75) is 49.6 Å². The summed E-state index contributed by atoms with van der Waals surface area (Å²) in [7, 11) is -2.09. The van der Waals surface area contributed by atoms with Crippen molar-refractivity contribution in [3.8, 4) is 5.75 Å². The maximum atomic E-state index is 12.8. The summed E-state index contributed by atoms with van der Waals surface area (Å²) in [5.41, 5.74) is 0.891. The van der Waals surface area contributed by atoms with Gasteiger partial charge in [-0.15, -0.1) is 0 Å². The average Bonchev–Trinajstić information content (AvgIpc) is 3.42. The van der Waals surface area contributed by atoms with Gasteiger partial charge < -0.3 is 14.5 Å². The lowest BCUT2D eigenvalue weighted by molar-refractivity contribution is 0.0935. The number of benzene rings is 2. The van der Waals surface area contributed by atoms with Crippen LogP contribution in [0.1, 0.15) is 54.8 Å². The lowest BCUT2D eigenvalue weighted by Crippen LogP contribution is -2.33. The molecule has 1 aromatic heterocycles. The minimum absolute atomic E-state index is 0.0346. The van der Waals surface area contributed by atoms with Gasteiger partial charge in [0.15, 0.2) is 11.3 Å². The zero-order valence-corrected chi connectivity index (χ0v) is 18.4. The molecule has 3 aromatic rings. The molecule has 0 radical (unpaired) electrons. The van der Waals surface area contributed by atoms with Gasteiger partial charge in [-0.2, -0.15) is 0 Å². The Morgan fingerprint density at radius 2 is 1.87 bits per heavy atom. The molecule has 0 spiro atoms. The molecule has 1 atom stereocenters. The normalized spacial score (nSPS) is 15.8. The SMILES string of the molecule is COc1cccc2cc(C(C)NC(=O)c3cccc(S(=O)(=O)NC4CCCC4)c3)oc12. The van der Waals surface area contributed by atoms with Gasteiger partial charge in [0, 0.05) is 17.0 Å². The molecule has 1 unspecified atom stereocenters. The average molecular weight is 443 g/mol. The van der Waals surface area contributed by atoms with Crippen LogP contribution in [-0.2, 0) is 10.0 Å². The van der Waals surface area contributed by atoms with Crippen LogP contribution in [0.5, 0.6) is 5.75 Å². The number of furan rings is 1. The summed E-state index contributed by atoms with van der Waals surface area (Å²) in [5.74, 6) is 0.826. The number of carbonyl (C=O) groups is 1. The molecular formula is C23H26N2O5S. The molecular weight excluding hydrogens is 416 g/mol. The van der Waals surface area contributed by atoms with Crippen molar-refractivity contribution in [1.82, 2.24) is 10.0 Å². The highest BCUT2D eigenvalue weighted by atomic mass is 32.2. The van der Waals surface area contributed by atoms with E-state index in [2.05, 4.69) is 10.0 Å². The first-order valence-corrected chi connectivity index (χ1v) is 11.9. The van der Waals surface area contributed by atoms with Crippen LogP contribution in [0.2, 0.25) is 0 Å². The fraction of sp³-hybridized carbons (Fsp3) is 0.348. The van der Waals surface area contributed by atoms with Crippen LogP contribution < -0.4 is 14.8 Å². The van der Waals surface area contributed by atoms with E-state index in [1.807, 2.05) is 31.2 Å². The molecule has 164 valence electrons.